The summed E-state index contributed by atoms with van der Waals surface area (Å²) >= 11 is 0. The molecule has 3 rings (SSSR count). The van der Waals surface area contributed by atoms with Crippen LogP contribution in [0.4, 0.5) is 5.82 Å². The fourth-order valence-electron chi connectivity index (χ4n) is 2.57. The lowest BCUT2D eigenvalue weighted by Gasteiger charge is -2.23. The standard InChI is InChI=1S/C14H21N3O2S/c18-20(19,17-12-6-7-12)13-8-9-14(15-10-13)16-11-4-2-1-3-5-11/h8-12,17H,1-7H2,(H,15,16). The molecule has 110 valence electrons. The van der Waals surface area contributed by atoms with Gasteiger partial charge in [0, 0.05) is 18.3 Å². The van der Waals surface area contributed by atoms with E-state index >= 15 is 0 Å². The van der Waals surface area contributed by atoms with Crippen molar-refractivity contribution < 1.29 is 8.42 Å². The van der Waals surface area contributed by atoms with Crippen molar-refractivity contribution in [2.24, 2.45) is 0 Å². The van der Waals surface area contributed by atoms with Crippen LogP contribution < -0.4 is 10.0 Å². The zero-order valence-electron chi connectivity index (χ0n) is 11.5. The highest BCUT2D eigenvalue weighted by molar-refractivity contribution is 7.89. The first-order chi connectivity index (χ1) is 9.63. The Morgan fingerprint density at radius 3 is 2.35 bits per heavy atom. The Bertz CT molecular complexity index is 546. The van der Waals surface area contributed by atoms with Crippen LogP contribution in [0.5, 0.6) is 0 Å². The number of rotatable bonds is 5. The SMILES string of the molecule is O=S(=O)(NC1CC1)c1ccc(NC2CCCCC2)nc1. The van der Waals surface area contributed by atoms with E-state index in [1.807, 2.05) is 0 Å². The molecule has 2 N–H and O–H groups in total. The molecule has 20 heavy (non-hydrogen) atoms. The summed E-state index contributed by atoms with van der Waals surface area (Å²) in [4.78, 5) is 4.49. The van der Waals surface area contributed by atoms with Crippen molar-refractivity contribution in [3.05, 3.63) is 18.3 Å². The first-order valence-electron chi connectivity index (χ1n) is 7.38. The summed E-state index contributed by atoms with van der Waals surface area (Å²) in [7, 11) is -3.39. The van der Waals surface area contributed by atoms with E-state index in [2.05, 4.69) is 15.0 Å². The monoisotopic (exact) mass is 295 g/mol. The van der Waals surface area contributed by atoms with E-state index in [1.165, 1.54) is 38.3 Å². The van der Waals surface area contributed by atoms with Crippen LogP contribution in [-0.4, -0.2) is 25.5 Å². The van der Waals surface area contributed by atoms with Crippen LogP contribution in [0.1, 0.15) is 44.9 Å². The lowest BCUT2D eigenvalue weighted by molar-refractivity contribution is 0.462. The second-order valence-electron chi connectivity index (χ2n) is 5.75. The van der Waals surface area contributed by atoms with Gasteiger partial charge in [-0.2, -0.15) is 0 Å². The van der Waals surface area contributed by atoms with Crippen LogP contribution in [0, 0.1) is 0 Å². The van der Waals surface area contributed by atoms with Gasteiger partial charge in [0.05, 0.1) is 0 Å². The Morgan fingerprint density at radius 1 is 1.00 bits per heavy atom. The summed E-state index contributed by atoms with van der Waals surface area (Å²) in [6.07, 6.45) is 9.49. The van der Waals surface area contributed by atoms with Crippen molar-refractivity contribution in [2.75, 3.05) is 5.32 Å². The van der Waals surface area contributed by atoms with E-state index in [0.717, 1.165) is 18.7 Å². The van der Waals surface area contributed by atoms with Crippen molar-refractivity contribution in [2.45, 2.75) is 61.9 Å². The first kappa shape index (κ1) is 13.8. The Hall–Kier alpha value is -1.14. The van der Waals surface area contributed by atoms with E-state index in [-0.39, 0.29) is 10.9 Å². The number of aromatic nitrogens is 1. The maximum absolute atomic E-state index is 12.0. The van der Waals surface area contributed by atoms with Crippen molar-refractivity contribution >= 4 is 15.8 Å². The number of anilines is 1. The van der Waals surface area contributed by atoms with E-state index in [9.17, 15) is 8.42 Å². The molecular formula is C14H21N3O2S. The van der Waals surface area contributed by atoms with Crippen LogP contribution in [0.3, 0.4) is 0 Å². The highest BCUT2D eigenvalue weighted by atomic mass is 32.2. The van der Waals surface area contributed by atoms with E-state index in [0.29, 0.717) is 6.04 Å². The molecule has 1 aromatic heterocycles. The van der Waals surface area contributed by atoms with Crippen LogP contribution in [0.25, 0.3) is 0 Å². The number of pyridine rings is 1. The van der Waals surface area contributed by atoms with Crippen molar-refractivity contribution in [3.8, 4) is 0 Å². The normalized spacial score (nSPS) is 20.8. The summed E-state index contributed by atoms with van der Waals surface area (Å²) in [5.74, 6) is 0.766. The van der Waals surface area contributed by atoms with E-state index in [1.54, 1.807) is 12.1 Å². The zero-order valence-corrected chi connectivity index (χ0v) is 12.3. The van der Waals surface area contributed by atoms with Gasteiger partial charge in [-0.25, -0.2) is 18.1 Å². The smallest absolute Gasteiger partial charge is 0.242 e. The summed E-state index contributed by atoms with van der Waals surface area (Å²) in [6.45, 7) is 0. The predicted octanol–water partition coefficient (Wildman–Crippen LogP) is 2.27. The predicted molar refractivity (Wildman–Crippen MR) is 78.1 cm³/mol. The average molecular weight is 295 g/mol. The van der Waals surface area contributed by atoms with Gasteiger partial charge in [-0.15, -0.1) is 0 Å². The number of hydrogen-bond acceptors (Lipinski definition) is 4. The molecule has 0 atom stereocenters. The second kappa shape index (κ2) is 5.69. The van der Waals surface area contributed by atoms with Crippen LogP contribution in [0.15, 0.2) is 23.2 Å². The van der Waals surface area contributed by atoms with Crippen LogP contribution in [0.2, 0.25) is 0 Å². The lowest BCUT2D eigenvalue weighted by atomic mass is 9.95. The number of hydrogen-bond donors (Lipinski definition) is 2. The maximum Gasteiger partial charge on any atom is 0.242 e. The fourth-order valence-corrected chi connectivity index (χ4v) is 3.82. The van der Waals surface area contributed by atoms with Crippen molar-refractivity contribution in [1.82, 2.24) is 9.71 Å². The van der Waals surface area contributed by atoms with Crippen LogP contribution in [-0.2, 0) is 10.0 Å². The molecule has 0 bridgehead atoms. The van der Waals surface area contributed by atoms with Gasteiger partial charge in [0.2, 0.25) is 10.0 Å². The molecule has 2 aliphatic carbocycles. The first-order valence-corrected chi connectivity index (χ1v) is 8.87. The summed E-state index contributed by atoms with van der Waals surface area (Å²) in [6, 6.07) is 3.99. The van der Waals surface area contributed by atoms with E-state index in [4.69, 9.17) is 0 Å². The largest absolute Gasteiger partial charge is 0.367 e. The minimum absolute atomic E-state index is 0.125. The van der Waals surface area contributed by atoms with Gasteiger partial charge in [0.1, 0.15) is 10.7 Å². The Morgan fingerprint density at radius 2 is 1.75 bits per heavy atom. The van der Waals surface area contributed by atoms with Crippen molar-refractivity contribution in [1.29, 1.82) is 0 Å². The van der Waals surface area contributed by atoms with E-state index < -0.39 is 10.0 Å². The third-order valence-corrected chi connectivity index (χ3v) is 5.41. The van der Waals surface area contributed by atoms with Gasteiger partial charge >= 0.3 is 0 Å². The Labute approximate surface area is 120 Å². The molecule has 0 aliphatic heterocycles. The maximum atomic E-state index is 12.0. The highest BCUT2D eigenvalue weighted by Gasteiger charge is 2.28. The minimum Gasteiger partial charge on any atom is -0.367 e. The molecule has 0 radical (unpaired) electrons. The molecule has 5 nitrogen and oxygen atoms in total. The number of nitrogens with one attached hydrogen (secondary N) is 2. The molecule has 6 heteroatoms. The van der Waals surface area contributed by atoms with Gasteiger partial charge in [-0.1, -0.05) is 19.3 Å². The van der Waals surface area contributed by atoms with Gasteiger partial charge in [0.25, 0.3) is 0 Å². The quantitative estimate of drug-likeness (QED) is 0.874. The summed E-state index contributed by atoms with van der Waals surface area (Å²) < 4.78 is 26.7. The molecule has 2 saturated carbocycles. The molecule has 0 spiro atoms. The Balaban J connectivity index is 1.64. The molecule has 0 aromatic carbocycles. The topological polar surface area (TPSA) is 71.1 Å². The van der Waals surface area contributed by atoms with Gasteiger partial charge in [-0.05, 0) is 37.8 Å². The lowest BCUT2D eigenvalue weighted by Crippen LogP contribution is -2.26. The number of nitrogens with zero attached hydrogens (tertiary/aromatic N) is 1. The van der Waals surface area contributed by atoms with Gasteiger partial charge in [-0.3, -0.25) is 0 Å². The molecular weight excluding hydrogens is 274 g/mol. The van der Waals surface area contributed by atoms with Crippen molar-refractivity contribution in [3.63, 3.8) is 0 Å². The third kappa shape index (κ3) is 3.49. The Kier molecular flexibility index (Phi) is 3.94. The number of sulfonamides is 1. The molecule has 0 amide bonds. The summed E-state index contributed by atoms with van der Waals surface area (Å²) in [5.41, 5.74) is 0. The van der Waals surface area contributed by atoms with Gasteiger partial charge < -0.3 is 5.32 Å². The molecule has 2 fully saturated rings. The molecule has 0 saturated heterocycles. The zero-order chi connectivity index (χ0) is 14.0. The molecule has 2 aliphatic rings. The van der Waals surface area contributed by atoms with Gasteiger partial charge in [0.15, 0.2) is 0 Å². The molecule has 0 unspecified atom stereocenters. The third-order valence-electron chi connectivity index (χ3n) is 3.90. The molecule has 1 aromatic rings. The fraction of sp³-hybridized carbons (Fsp3) is 0.643. The minimum atomic E-state index is -3.39. The second-order valence-corrected chi connectivity index (χ2v) is 7.47. The van der Waals surface area contributed by atoms with Crippen LogP contribution >= 0.6 is 0 Å². The summed E-state index contributed by atoms with van der Waals surface area (Å²) in [5, 5.41) is 3.39. The highest BCUT2D eigenvalue weighted by Crippen LogP contribution is 2.23. The molecule has 1 heterocycles. The average Bonchev–Trinajstić information content (AvgIpc) is 3.24.